The van der Waals surface area contributed by atoms with Crippen LogP contribution in [0, 0.1) is 0 Å². The normalized spacial score (nSPS) is 36.9. The van der Waals surface area contributed by atoms with Gasteiger partial charge in [0.2, 0.25) is 0 Å². The summed E-state index contributed by atoms with van der Waals surface area (Å²) < 4.78 is 12.1. The number of morpholine rings is 1. The molecule has 110 valence electrons. The van der Waals surface area contributed by atoms with E-state index in [1.165, 1.54) is 38.5 Å². The summed E-state index contributed by atoms with van der Waals surface area (Å²) in [5, 5.41) is 0. The maximum Gasteiger partial charge on any atom is 0.0850 e. The van der Waals surface area contributed by atoms with E-state index in [-0.39, 0.29) is 17.7 Å². The van der Waals surface area contributed by atoms with Gasteiger partial charge in [-0.25, -0.2) is 0 Å². The van der Waals surface area contributed by atoms with Gasteiger partial charge in [-0.2, -0.15) is 0 Å². The molecular formula is C15H28N2O2. The molecule has 4 heteroatoms. The fraction of sp³-hybridized carbons (Fsp3) is 1.00. The summed E-state index contributed by atoms with van der Waals surface area (Å²) in [6.45, 7) is 5.90. The largest absolute Gasteiger partial charge is 0.374 e. The molecule has 2 saturated heterocycles. The highest BCUT2D eigenvalue weighted by Gasteiger charge is 2.42. The van der Waals surface area contributed by atoms with Crippen LogP contribution < -0.4 is 5.73 Å². The first kappa shape index (κ1) is 13.8. The van der Waals surface area contributed by atoms with E-state index in [1.807, 2.05) is 6.92 Å². The average Bonchev–Trinajstić information content (AvgIpc) is 3.01. The minimum atomic E-state index is 0.119. The molecule has 3 unspecified atom stereocenters. The Morgan fingerprint density at radius 3 is 2.84 bits per heavy atom. The molecule has 3 atom stereocenters. The molecule has 1 saturated carbocycles. The highest BCUT2D eigenvalue weighted by atomic mass is 16.5. The lowest BCUT2D eigenvalue weighted by molar-refractivity contribution is -0.0764. The van der Waals surface area contributed by atoms with Crippen molar-refractivity contribution in [2.75, 3.05) is 26.2 Å². The minimum Gasteiger partial charge on any atom is -0.374 e. The van der Waals surface area contributed by atoms with Crippen molar-refractivity contribution in [2.45, 2.75) is 69.3 Å². The molecule has 1 spiro atoms. The summed E-state index contributed by atoms with van der Waals surface area (Å²) >= 11 is 0. The molecule has 2 N–H and O–H groups in total. The van der Waals surface area contributed by atoms with E-state index >= 15 is 0 Å². The molecule has 3 aliphatic rings. The van der Waals surface area contributed by atoms with Crippen molar-refractivity contribution in [3.05, 3.63) is 0 Å². The van der Waals surface area contributed by atoms with Crippen LogP contribution in [0.1, 0.15) is 45.4 Å². The van der Waals surface area contributed by atoms with Gasteiger partial charge < -0.3 is 15.2 Å². The van der Waals surface area contributed by atoms with Gasteiger partial charge in [-0.15, -0.1) is 0 Å². The van der Waals surface area contributed by atoms with Gasteiger partial charge in [0, 0.05) is 25.7 Å². The summed E-state index contributed by atoms with van der Waals surface area (Å²) in [5.41, 5.74) is 6.21. The number of hydrogen-bond acceptors (Lipinski definition) is 4. The molecular weight excluding hydrogens is 240 g/mol. The topological polar surface area (TPSA) is 47.7 Å². The average molecular weight is 268 g/mol. The van der Waals surface area contributed by atoms with Crippen molar-refractivity contribution < 1.29 is 9.47 Å². The number of nitrogens with two attached hydrogens (primary N) is 1. The van der Waals surface area contributed by atoms with E-state index < -0.39 is 0 Å². The van der Waals surface area contributed by atoms with E-state index in [0.29, 0.717) is 6.10 Å². The molecule has 0 radical (unpaired) electrons. The number of rotatable bonds is 3. The Labute approximate surface area is 116 Å². The van der Waals surface area contributed by atoms with Crippen LogP contribution >= 0.6 is 0 Å². The van der Waals surface area contributed by atoms with Crippen molar-refractivity contribution in [2.24, 2.45) is 5.73 Å². The van der Waals surface area contributed by atoms with Crippen molar-refractivity contribution in [3.8, 4) is 0 Å². The Morgan fingerprint density at radius 2 is 2.11 bits per heavy atom. The Bertz CT molecular complexity index is 303. The summed E-state index contributed by atoms with van der Waals surface area (Å²) in [4.78, 5) is 2.48. The monoisotopic (exact) mass is 268 g/mol. The first-order valence-electron chi connectivity index (χ1n) is 7.94. The van der Waals surface area contributed by atoms with Crippen molar-refractivity contribution in [1.82, 2.24) is 4.90 Å². The van der Waals surface area contributed by atoms with Crippen molar-refractivity contribution >= 4 is 0 Å². The molecule has 0 aromatic heterocycles. The van der Waals surface area contributed by atoms with Crippen LogP contribution in [-0.2, 0) is 9.47 Å². The van der Waals surface area contributed by atoms with Crippen LogP contribution in [0.2, 0.25) is 0 Å². The van der Waals surface area contributed by atoms with Gasteiger partial charge in [0.05, 0.1) is 24.4 Å². The van der Waals surface area contributed by atoms with Crippen LogP contribution in [0.25, 0.3) is 0 Å². The van der Waals surface area contributed by atoms with Gasteiger partial charge in [-0.3, -0.25) is 4.90 Å². The second kappa shape index (κ2) is 5.68. The van der Waals surface area contributed by atoms with Gasteiger partial charge in [0.15, 0.2) is 0 Å². The highest BCUT2D eigenvalue weighted by molar-refractivity contribution is 4.94. The summed E-state index contributed by atoms with van der Waals surface area (Å²) in [6.07, 6.45) is 8.43. The van der Waals surface area contributed by atoms with Crippen LogP contribution in [0.4, 0.5) is 0 Å². The first-order chi connectivity index (χ1) is 9.17. The number of nitrogens with zero attached hydrogens (tertiary/aromatic N) is 1. The maximum atomic E-state index is 6.39. The lowest BCUT2D eigenvalue weighted by atomic mass is 9.98. The smallest absolute Gasteiger partial charge is 0.0850 e. The molecule has 3 fully saturated rings. The van der Waals surface area contributed by atoms with Gasteiger partial charge in [-0.1, -0.05) is 12.8 Å². The van der Waals surface area contributed by atoms with Crippen LogP contribution in [-0.4, -0.2) is 55.0 Å². The van der Waals surface area contributed by atoms with Crippen LogP contribution in [0.3, 0.4) is 0 Å². The third kappa shape index (κ3) is 3.13. The van der Waals surface area contributed by atoms with E-state index in [0.717, 1.165) is 26.2 Å². The Morgan fingerprint density at radius 1 is 1.32 bits per heavy atom. The quantitative estimate of drug-likeness (QED) is 0.843. The molecule has 2 aliphatic heterocycles. The van der Waals surface area contributed by atoms with Gasteiger partial charge >= 0.3 is 0 Å². The third-order valence-corrected chi connectivity index (χ3v) is 5.08. The molecule has 2 heterocycles. The highest BCUT2D eigenvalue weighted by Crippen LogP contribution is 2.43. The lowest BCUT2D eigenvalue weighted by Gasteiger charge is -2.36. The zero-order valence-electron chi connectivity index (χ0n) is 12.1. The molecule has 3 rings (SSSR count). The van der Waals surface area contributed by atoms with Gasteiger partial charge in [0.1, 0.15) is 0 Å². The molecule has 19 heavy (non-hydrogen) atoms. The summed E-state index contributed by atoms with van der Waals surface area (Å²) in [6, 6.07) is 0.119. The fourth-order valence-corrected chi connectivity index (χ4v) is 3.91. The molecule has 0 aromatic rings. The molecule has 1 aliphatic carbocycles. The molecule has 0 amide bonds. The first-order valence-corrected chi connectivity index (χ1v) is 7.94. The van der Waals surface area contributed by atoms with Crippen LogP contribution in [0.15, 0.2) is 0 Å². The number of hydrogen-bond donors (Lipinski definition) is 1. The standard InChI is InChI=1S/C15H28N2O2/c1-12(16)14-11-17(8-9-18-14)10-13-4-7-15(19-13)5-2-3-6-15/h12-14H,2-11,16H2,1H3. The molecule has 4 nitrogen and oxygen atoms in total. The van der Waals surface area contributed by atoms with Gasteiger partial charge in [0.25, 0.3) is 0 Å². The van der Waals surface area contributed by atoms with E-state index in [1.54, 1.807) is 0 Å². The van der Waals surface area contributed by atoms with Crippen molar-refractivity contribution in [3.63, 3.8) is 0 Å². The summed E-state index contributed by atoms with van der Waals surface area (Å²) in [7, 11) is 0. The number of ether oxygens (including phenoxy) is 2. The second-order valence-electron chi connectivity index (χ2n) is 6.70. The fourth-order valence-electron chi connectivity index (χ4n) is 3.91. The summed E-state index contributed by atoms with van der Waals surface area (Å²) in [5.74, 6) is 0. The Kier molecular flexibility index (Phi) is 4.13. The predicted octanol–water partition coefficient (Wildman–Crippen LogP) is 1.53. The predicted molar refractivity (Wildman–Crippen MR) is 75.1 cm³/mol. The lowest BCUT2D eigenvalue weighted by Crippen LogP contribution is -2.51. The second-order valence-corrected chi connectivity index (χ2v) is 6.70. The SMILES string of the molecule is CC(N)C1CN(CC2CCC3(CCCC3)O2)CCO1. The maximum absolute atomic E-state index is 6.39. The van der Waals surface area contributed by atoms with Gasteiger partial charge in [-0.05, 0) is 32.6 Å². The minimum absolute atomic E-state index is 0.119. The zero-order valence-corrected chi connectivity index (χ0v) is 12.1. The molecule has 0 bridgehead atoms. The van der Waals surface area contributed by atoms with E-state index in [9.17, 15) is 0 Å². The van der Waals surface area contributed by atoms with Crippen LogP contribution in [0.5, 0.6) is 0 Å². The molecule has 0 aromatic carbocycles. The van der Waals surface area contributed by atoms with E-state index in [2.05, 4.69) is 4.90 Å². The Balaban J connectivity index is 1.49. The third-order valence-electron chi connectivity index (χ3n) is 5.08. The Hall–Kier alpha value is -0.160. The zero-order chi connectivity index (χ0) is 13.3. The van der Waals surface area contributed by atoms with E-state index in [4.69, 9.17) is 15.2 Å². The van der Waals surface area contributed by atoms with Crippen molar-refractivity contribution in [1.29, 1.82) is 0 Å².